The summed E-state index contributed by atoms with van der Waals surface area (Å²) in [5.74, 6) is -0.476. The molecule has 0 bridgehead atoms. The van der Waals surface area contributed by atoms with Crippen LogP contribution in [-0.2, 0) is 9.59 Å². The van der Waals surface area contributed by atoms with Crippen molar-refractivity contribution in [3.8, 4) is 11.5 Å². The molecule has 0 spiro atoms. The van der Waals surface area contributed by atoms with E-state index in [1.54, 1.807) is 0 Å². The molecule has 0 aliphatic carbocycles. The zero-order chi connectivity index (χ0) is 18.5. The van der Waals surface area contributed by atoms with Crippen molar-refractivity contribution >= 4 is 40.6 Å². The molecule has 1 fully saturated rings. The van der Waals surface area contributed by atoms with Crippen molar-refractivity contribution < 1.29 is 23.2 Å². The van der Waals surface area contributed by atoms with Crippen molar-refractivity contribution in [1.82, 2.24) is 20.4 Å². The zero-order valence-corrected chi connectivity index (χ0v) is 14.9. The molecule has 136 valence electrons. The Balaban J connectivity index is 1.42. The standard InChI is InChI=1S/C15H13FN4O4S2/c16-10-3-1-9(2-4-10)13-18-19-14(24-13)25-7-11(21)17-5-6-20-12(22)8-26-15(20)23/h1-4H,5-8H2,(H,17,21). The lowest BCUT2D eigenvalue weighted by Crippen LogP contribution is -2.38. The number of aromatic nitrogens is 2. The first-order valence-electron chi connectivity index (χ1n) is 7.49. The molecule has 0 saturated carbocycles. The first-order valence-corrected chi connectivity index (χ1v) is 9.46. The fraction of sp³-hybridized carbons (Fsp3) is 0.267. The van der Waals surface area contributed by atoms with Gasteiger partial charge in [-0.1, -0.05) is 23.5 Å². The van der Waals surface area contributed by atoms with E-state index in [1.165, 1.54) is 24.3 Å². The van der Waals surface area contributed by atoms with Crippen LogP contribution in [0.3, 0.4) is 0 Å². The van der Waals surface area contributed by atoms with Crippen molar-refractivity contribution in [3.63, 3.8) is 0 Å². The Morgan fingerprint density at radius 2 is 2.08 bits per heavy atom. The highest BCUT2D eigenvalue weighted by Gasteiger charge is 2.29. The van der Waals surface area contributed by atoms with Crippen molar-refractivity contribution in [2.45, 2.75) is 5.22 Å². The third kappa shape index (κ3) is 4.61. The van der Waals surface area contributed by atoms with Gasteiger partial charge in [0.25, 0.3) is 10.5 Å². The number of amides is 3. The monoisotopic (exact) mass is 396 g/mol. The van der Waals surface area contributed by atoms with Gasteiger partial charge in [0.1, 0.15) is 5.82 Å². The Morgan fingerprint density at radius 3 is 2.77 bits per heavy atom. The van der Waals surface area contributed by atoms with Crippen LogP contribution in [-0.4, -0.2) is 56.7 Å². The lowest BCUT2D eigenvalue weighted by molar-refractivity contribution is -0.125. The van der Waals surface area contributed by atoms with Crippen LogP contribution in [0.1, 0.15) is 0 Å². The molecule has 26 heavy (non-hydrogen) atoms. The van der Waals surface area contributed by atoms with Crippen molar-refractivity contribution in [2.24, 2.45) is 0 Å². The summed E-state index contributed by atoms with van der Waals surface area (Å²) in [5, 5.41) is 10.2. The van der Waals surface area contributed by atoms with Gasteiger partial charge in [0.05, 0.1) is 11.5 Å². The molecule has 0 radical (unpaired) electrons. The maximum absolute atomic E-state index is 12.9. The van der Waals surface area contributed by atoms with Gasteiger partial charge in [-0.25, -0.2) is 4.39 Å². The van der Waals surface area contributed by atoms with Crippen LogP contribution in [0.4, 0.5) is 9.18 Å². The van der Waals surface area contributed by atoms with Gasteiger partial charge < -0.3 is 9.73 Å². The smallest absolute Gasteiger partial charge is 0.288 e. The van der Waals surface area contributed by atoms with Crippen molar-refractivity contribution in [3.05, 3.63) is 30.1 Å². The lowest BCUT2D eigenvalue weighted by atomic mass is 10.2. The second-order valence-electron chi connectivity index (χ2n) is 5.12. The second kappa shape index (κ2) is 8.32. The van der Waals surface area contributed by atoms with Gasteiger partial charge in [0.15, 0.2) is 0 Å². The van der Waals surface area contributed by atoms with E-state index in [1.807, 2.05) is 0 Å². The van der Waals surface area contributed by atoms with E-state index in [0.29, 0.717) is 5.56 Å². The Kier molecular flexibility index (Phi) is 5.89. The van der Waals surface area contributed by atoms with Crippen LogP contribution in [0.5, 0.6) is 0 Å². The molecule has 1 aliphatic heterocycles. The van der Waals surface area contributed by atoms with E-state index in [-0.39, 0.29) is 58.6 Å². The predicted molar refractivity (Wildman–Crippen MR) is 93.0 cm³/mol. The van der Waals surface area contributed by atoms with Crippen molar-refractivity contribution in [1.29, 1.82) is 0 Å². The first kappa shape index (κ1) is 18.4. The van der Waals surface area contributed by atoms with Gasteiger partial charge >= 0.3 is 0 Å². The molecule has 1 aliphatic rings. The van der Waals surface area contributed by atoms with Gasteiger partial charge in [0, 0.05) is 18.7 Å². The summed E-state index contributed by atoms with van der Waals surface area (Å²) in [6.45, 7) is 0.332. The summed E-state index contributed by atoms with van der Waals surface area (Å²) < 4.78 is 18.3. The minimum atomic E-state index is -0.365. The Bertz CT molecular complexity index is 811. The molecule has 0 atom stereocenters. The number of halogens is 1. The molecule has 3 rings (SSSR count). The summed E-state index contributed by atoms with van der Waals surface area (Å²) in [5.41, 5.74) is 0.577. The SMILES string of the molecule is O=C(CSc1nnc(-c2ccc(F)cc2)o1)NCCN1C(=O)CSC1=O. The highest BCUT2D eigenvalue weighted by Crippen LogP contribution is 2.23. The Morgan fingerprint density at radius 1 is 1.31 bits per heavy atom. The maximum Gasteiger partial charge on any atom is 0.288 e. The average Bonchev–Trinajstić information content (AvgIpc) is 3.22. The number of nitrogens with one attached hydrogen (secondary N) is 1. The number of nitrogens with zero attached hydrogens (tertiary/aromatic N) is 3. The van der Waals surface area contributed by atoms with Crippen LogP contribution in [0.15, 0.2) is 33.9 Å². The number of hydrogen-bond acceptors (Lipinski definition) is 8. The number of carbonyl (C=O) groups excluding carboxylic acids is 3. The molecular weight excluding hydrogens is 383 g/mol. The zero-order valence-electron chi connectivity index (χ0n) is 13.3. The summed E-state index contributed by atoms with van der Waals surface area (Å²) in [7, 11) is 0. The highest BCUT2D eigenvalue weighted by atomic mass is 32.2. The topological polar surface area (TPSA) is 105 Å². The first-order chi connectivity index (χ1) is 12.5. The predicted octanol–water partition coefficient (Wildman–Crippen LogP) is 1.78. The van der Waals surface area contributed by atoms with Gasteiger partial charge in [-0.05, 0) is 24.3 Å². The number of imide groups is 1. The molecule has 0 unspecified atom stereocenters. The van der Waals surface area contributed by atoms with E-state index in [2.05, 4.69) is 15.5 Å². The Labute approximate surface area is 155 Å². The molecule has 2 aromatic rings. The summed E-state index contributed by atoms with van der Waals surface area (Å²) >= 11 is 2.01. The summed E-state index contributed by atoms with van der Waals surface area (Å²) in [6.07, 6.45) is 0. The minimum Gasteiger partial charge on any atom is -0.411 e. The molecule has 2 heterocycles. The second-order valence-corrected chi connectivity index (χ2v) is 6.97. The van der Waals surface area contributed by atoms with Gasteiger partial charge in [-0.2, -0.15) is 0 Å². The molecule has 1 aromatic carbocycles. The van der Waals surface area contributed by atoms with Crippen LogP contribution in [0.2, 0.25) is 0 Å². The minimum absolute atomic E-state index is 0.0433. The van der Waals surface area contributed by atoms with E-state index in [9.17, 15) is 18.8 Å². The maximum atomic E-state index is 12.9. The van der Waals surface area contributed by atoms with E-state index in [4.69, 9.17) is 4.42 Å². The van der Waals surface area contributed by atoms with Gasteiger partial charge in [-0.15, -0.1) is 10.2 Å². The number of benzene rings is 1. The van der Waals surface area contributed by atoms with Crippen LogP contribution < -0.4 is 5.32 Å². The van der Waals surface area contributed by atoms with E-state index in [0.717, 1.165) is 28.4 Å². The van der Waals surface area contributed by atoms with Gasteiger partial charge in [0.2, 0.25) is 17.7 Å². The molecular formula is C15H13FN4O4S2. The van der Waals surface area contributed by atoms with Crippen LogP contribution in [0.25, 0.3) is 11.5 Å². The van der Waals surface area contributed by atoms with Gasteiger partial charge in [-0.3, -0.25) is 19.3 Å². The summed E-state index contributed by atoms with van der Waals surface area (Å²) in [6, 6.07) is 5.61. The summed E-state index contributed by atoms with van der Waals surface area (Å²) in [4.78, 5) is 35.8. The van der Waals surface area contributed by atoms with E-state index >= 15 is 0 Å². The molecule has 1 saturated heterocycles. The van der Waals surface area contributed by atoms with Crippen LogP contribution in [0, 0.1) is 5.82 Å². The number of rotatable bonds is 7. The molecule has 3 amide bonds. The number of carbonyl (C=O) groups is 3. The normalized spacial score (nSPS) is 14.1. The molecule has 1 aromatic heterocycles. The fourth-order valence-electron chi connectivity index (χ4n) is 2.06. The number of hydrogen-bond donors (Lipinski definition) is 1. The average molecular weight is 396 g/mol. The molecule has 8 nitrogen and oxygen atoms in total. The third-order valence-corrected chi connectivity index (χ3v) is 5.00. The van der Waals surface area contributed by atoms with Crippen molar-refractivity contribution in [2.75, 3.05) is 24.6 Å². The fourth-order valence-corrected chi connectivity index (χ4v) is 3.40. The number of thioether (sulfide) groups is 2. The third-order valence-electron chi connectivity index (χ3n) is 3.32. The molecule has 11 heteroatoms. The molecule has 1 N–H and O–H groups in total. The lowest BCUT2D eigenvalue weighted by Gasteiger charge is -2.12. The van der Waals surface area contributed by atoms with E-state index < -0.39 is 0 Å². The Hall–Kier alpha value is -2.40. The largest absolute Gasteiger partial charge is 0.411 e. The highest BCUT2D eigenvalue weighted by molar-refractivity contribution is 8.14. The van der Waals surface area contributed by atoms with Crippen LogP contribution >= 0.6 is 23.5 Å². The quantitative estimate of drug-likeness (QED) is 0.706.